The summed E-state index contributed by atoms with van der Waals surface area (Å²) in [6, 6.07) is 8.53. The van der Waals surface area contributed by atoms with Gasteiger partial charge in [-0.2, -0.15) is 0 Å². The Bertz CT molecular complexity index is 405. The first kappa shape index (κ1) is 12.0. The highest BCUT2D eigenvalue weighted by Crippen LogP contribution is 2.31. The summed E-state index contributed by atoms with van der Waals surface area (Å²) in [6.07, 6.45) is 2.12. The van der Waals surface area contributed by atoms with Crippen LogP contribution in [0.15, 0.2) is 24.3 Å². The van der Waals surface area contributed by atoms with E-state index >= 15 is 0 Å². The number of hydrazine groups is 1. The third kappa shape index (κ3) is 2.23. The number of hydrogen-bond acceptors (Lipinski definition) is 4. The third-order valence-corrected chi connectivity index (χ3v) is 4.08. The van der Waals surface area contributed by atoms with Crippen molar-refractivity contribution in [2.75, 3.05) is 19.8 Å². The van der Waals surface area contributed by atoms with E-state index < -0.39 is 0 Å². The van der Waals surface area contributed by atoms with Crippen LogP contribution < -0.4 is 16.0 Å². The van der Waals surface area contributed by atoms with E-state index in [1.165, 1.54) is 5.56 Å². The fourth-order valence-corrected chi connectivity index (χ4v) is 3.08. The van der Waals surface area contributed by atoms with E-state index in [1.807, 2.05) is 12.1 Å². The maximum absolute atomic E-state index is 5.84. The average Bonchev–Trinajstić information content (AvgIpc) is 2.93. The maximum Gasteiger partial charge on any atom is 0.122 e. The van der Waals surface area contributed by atoms with Gasteiger partial charge in [0.2, 0.25) is 0 Å². The molecule has 18 heavy (non-hydrogen) atoms. The summed E-state index contributed by atoms with van der Waals surface area (Å²) < 4.78 is 11.3. The summed E-state index contributed by atoms with van der Waals surface area (Å²) >= 11 is 0. The normalized spacial score (nSPS) is 28.5. The Balaban J connectivity index is 1.73. The van der Waals surface area contributed by atoms with Crippen LogP contribution in [0, 0.1) is 11.8 Å². The predicted molar refractivity (Wildman–Crippen MR) is 69.2 cm³/mol. The van der Waals surface area contributed by atoms with Gasteiger partial charge in [-0.15, -0.1) is 0 Å². The minimum absolute atomic E-state index is 0.279. The van der Waals surface area contributed by atoms with Gasteiger partial charge in [0.25, 0.3) is 0 Å². The van der Waals surface area contributed by atoms with Crippen molar-refractivity contribution in [2.45, 2.75) is 18.9 Å². The molecule has 1 aromatic carbocycles. The van der Waals surface area contributed by atoms with Gasteiger partial charge in [0.1, 0.15) is 5.75 Å². The van der Waals surface area contributed by atoms with Crippen molar-refractivity contribution in [1.82, 2.24) is 5.43 Å². The summed E-state index contributed by atoms with van der Waals surface area (Å²) in [7, 11) is 0. The van der Waals surface area contributed by atoms with Crippen LogP contribution in [0.4, 0.5) is 0 Å². The zero-order valence-electron chi connectivity index (χ0n) is 10.5. The number of nitrogens with one attached hydrogen (secondary N) is 1. The lowest BCUT2D eigenvalue weighted by atomic mass is 9.83. The van der Waals surface area contributed by atoms with Gasteiger partial charge in [-0.05, 0) is 24.5 Å². The molecule has 1 saturated heterocycles. The first-order valence-corrected chi connectivity index (χ1v) is 6.63. The molecule has 2 aliphatic rings. The monoisotopic (exact) mass is 248 g/mol. The zero-order chi connectivity index (χ0) is 12.4. The van der Waals surface area contributed by atoms with Crippen molar-refractivity contribution in [3.05, 3.63) is 29.8 Å². The highest BCUT2D eigenvalue weighted by Gasteiger charge is 2.34. The molecule has 0 radical (unpaired) electrons. The van der Waals surface area contributed by atoms with Crippen LogP contribution in [-0.4, -0.2) is 25.9 Å². The lowest BCUT2D eigenvalue weighted by molar-refractivity contribution is 0.132. The molecule has 3 unspecified atom stereocenters. The SMILES string of the molecule is NNC(C1CCOC1)C1COc2ccccc2C1. The quantitative estimate of drug-likeness (QED) is 0.621. The third-order valence-electron chi connectivity index (χ3n) is 4.08. The number of rotatable bonds is 3. The molecule has 1 fully saturated rings. The first-order chi connectivity index (χ1) is 8.88. The molecule has 98 valence electrons. The Morgan fingerprint density at radius 2 is 2.11 bits per heavy atom. The standard InChI is InChI=1S/C14H20N2O2/c15-16-14(11-5-6-17-8-11)12-7-10-3-1-2-4-13(10)18-9-12/h1-4,11-12,14,16H,5-9,15H2. The van der Waals surface area contributed by atoms with Crippen LogP contribution in [-0.2, 0) is 11.2 Å². The minimum atomic E-state index is 0.279. The van der Waals surface area contributed by atoms with Gasteiger partial charge in [0, 0.05) is 24.5 Å². The molecule has 0 spiro atoms. The van der Waals surface area contributed by atoms with Crippen molar-refractivity contribution >= 4 is 0 Å². The molecule has 2 heterocycles. The second-order valence-electron chi connectivity index (χ2n) is 5.20. The predicted octanol–water partition coefficient (Wildman–Crippen LogP) is 1.11. The number of hydrogen-bond donors (Lipinski definition) is 2. The van der Waals surface area contributed by atoms with Gasteiger partial charge in [-0.3, -0.25) is 11.3 Å². The van der Waals surface area contributed by atoms with E-state index in [0.29, 0.717) is 11.8 Å². The Labute approximate surface area is 107 Å². The summed E-state index contributed by atoms with van der Waals surface area (Å²) in [4.78, 5) is 0. The van der Waals surface area contributed by atoms with E-state index in [9.17, 15) is 0 Å². The maximum atomic E-state index is 5.84. The second kappa shape index (κ2) is 5.26. The highest BCUT2D eigenvalue weighted by molar-refractivity contribution is 5.35. The molecular formula is C14H20N2O2. The molecule has 3 atom stereocenters. The molecule has 3 N–H and O–H groups in total. The molecule has 0 saturated carbocycles. The first-order valence-electron chi connectivity index (χ1n) is 6.63. The topological polar surface area (TPSA) is 56.5 Å². The number of ether oxygens (including phenoxy) is 2. The van der Waals surface area contributed by atoms with Gasteiger partial charge >= 0.3 is 0 Å². The van der Waals surface area contributed by atoms with Gasteiger partial charge in [0.15, 0.2) is 0 Å². The lowest BCUT2D eigenvalue weighted by Gasteiger charge is -2.34. The summed E-state index contributed by atoms with van der Waals surface area (Å²) in [6.45, 7) is 2.41. The van der Waals surface area contributed by atoms with E-state index in [4.69, 9.17) is 15.3 Å². The van der Waals surface area contributed by atoms with Crippen LogP contribution in [0.5, 0.6) is 5.75 Å². The van der Waals surface area contributed by atoms with E-state index in [-0.39, 0.29) is 6.04 Å². The Morgan fingerprint density at radius 1 is 1.22 bits per heavy atom. The summed E-state index contributed by atoms with van der Waals surface area (Å²) in [5, 5.41) is 0. The fraction of sp³-hybridized carbons (Fsp3) is 0.571. The molecule has 1 aromatic rings. The molecule has 0 aromatic heterocycles. The van der Waals surface area contributed by atoms with E-state index in [0.717, 1.165) is 38.4 Å². The molecule has 3 rings (SSSR count). The average molecular weight is 248 g/mol. The molecule has 0 aliphatic carbocycles. The molecule has 0 bridgehead atoms. The Kier molecular flexibility index (Phi) is 3.50. The number of para-hydroxylation sites is 1. The van der Waals surface area contributed by atoms with Crippen LogP contribution in [0.3, 0.4) is 0 Å². The zero-order valence-corrected chi connectivity index (χ0v) is 10.5. The highest BCUT2D eigenvalue weighted by atomic mass is 16.5. The second-order valence-corrected chi connectivity index (χ2v) is 5.20. The lowest BCUT2D eigenvalue weighted by Crippen LogP contribution is -2.49. The van der Waals surface area contributed by atoms with Gasteiger partial charge in [-0.25, -0.2) is 0 Å². The van der Waals surface area contributed by atoms with Crippen molar-refractivity contribution < 1.29 is 9.47 Å². The molecule has 2 aliphatic heterocycles. The van der Waals surface area contributed by atoms with Crippen molar-refractivity contribution in [3.8, 4) is 5.75 Å². The minimum Gasteiger partial charge on any atom is -0.493 e. The van der Waals surface area contributed by atoms with Crippen LogP contribution in [0.25, 0.3) is 0 Å². The molecular weight excluding hydrogens is 228 g/mol. The molecule has 0 amide bonds. The van der Waals surface area contributed by atoms with Crippen molar-refractivity contribution in [1.29, 1.82) is 0 Å². The van der Waals surface area contributed by atoms with Crippen molar-refractivity contribution in [3.63, 3.8) is 0 Å². The van der Waals surface area contributed by atoms with Gasteiger partial charge in [0.05, 0.1) is 13.2 Å². The number of fused-ring (bicyclic) bond motifs is 1. The Morgan fingerprint density at radius 3 is 2.89 bits per heavy atom. The largest absolute Gasteiger partial charge is 0.493 e. The van der Waals surface area contributed by atoms with Gasteiger partial charge in [-0.1, -0.05) is 18.2 Å². The Hall–Kier alpha value is -1.10. The fourth-order valence-electron chi connectivity index (χ4n) is 3.08. The summed E-state index contributed by atoms with van der Waals surface area (Å²) in [5.41, 5.74) is 4.27. The van der Waals surface area contributed by atoms with Crippen LogP contribution in [0.2, 0.25) is 0 Å². The molecule has 4 nitrogen and oxygen atoms in total. The molecule has 4 heteroatoms. The smallest absolute Gasteiger partial charge is 0.122 e. The van der Waals surface area contributed by atoms with Crippen LogP contribution >= 0.6 is 0 Å². The number of nitrogens with two attached hydrogens (primary N) is 1. The summed E-state index contributed by atoms with van der Waals surface area (Å²) in [5.74, 6) is 7.70. The van der Waals surface area contributed by atoms with Crippen LogP contribution in [0.1, 0.15) is 12.0 Å². The number of benzene rings is 1. The van der Waals surface area contributed by atoms with Crippen molar-refractivity contribution in [2.24, 2.45) is 17.7 Å². The van der Waals surface area contributed by atoms with E-state index in [2.05, 4.69) is 17.6 Å². The van der Waals surface area contributed by atoms with E-state index in [1.54, 1.807) is 0 Å². The van der Waals surface area contributed by atoms with Gasteiger partial charge < -0.3 is 9.47 Å².